The van der Waals surface area contributed by atoms with Gasteiger partial charge in [0.1, 0.15) is 0 Å². The molecule has 142 valence electrons. The summed E-state index contributed by atoms with van der Waals surface area (Å²) in [5.41, 5.74) is 6.50. The first-order valence-electron chi connectivity index (χ1n) is 8.92. The Labute approximate surface area is 150 Å². The zero-order valence-corrected chi connectivity index (χ0v) is 16.8. The van der Waals surface area contributed by atoms with Crippen LogP contribution in [0.3, 0.4) is 0 Å². The van der Waals surface area contributed by atoms with Gasteiger partial charge in [-0.3, -0.25) is 0 Å². The van der Waals surface area contributed by atoms with Crippen LogP contribution in [0.25, 0.3) is 0 Å². The first-order chi connectivity index (χ1) is 11.3. The van der Waals surface area contributed by atoms with Crippen molar-refractivity contribution >= 4 is 8.32 Å². The Bertz CT molecular complexity index is 595. The van der Waals surface area contributed by atoms with Gasteiger partial charge in [0, 0.05) is 6.04 Å². The average Bonchev–Trinajstić information content (AvgIpc) is 2.47. The number of hydrogen-bond donors (Lipinski definition) is 1. The van der Waals surface area contributed by atoms with Crippen molar-refractivity contribution in [1.82, 2.24) is 0 Å². The Hall–Kier alpha value is -0.853. The Kier molecular flexibility index (Phi) is 5.76. The van der Waals surface area contributed by atoms with E-state index in [1.165, 1.54) is 12.1 Å². The highest BCUT2D eigenvalue weighted by atomic mass is 28.4. The number of nitrogens with two attached hydrogens (primary N) is 1. The Morgan fingerprint density at radius 2 is 1.76 bits per heavy atom. The van der Waals surface area contributed by atoms with E-state index in [-0.39, 0.29) is 23.1 Å². The molecule has 1 fully saturated rings. The summed E-state index contributed by atoms with van der Waals surface area (Å²) < 4.78 is 45.2. The molecule has 0 aliphatic heterocycles. The van der Waals surface area contributed by atoms with Crippen LogP contribution in [0.5, 0.6) is 0 Å². The molecule has 6 heteroatoms. The predicted octanol–water partition coefficient (Wildman–Crippen LogP) is 5.69. The first-order valence-corrected chi connectivity index (χ1v) is 11.8. The molecule has 2 N–H and O–H groups in total. The molecule has 2 nitrogen and oxygen atoms in total. The molecule has 1 unspecified atom stereocenters. The fraction of sp³-hybridized carbons (Fsp3) is 0.684. The standard InChI is InChI=1S/C19H30F3NOSi/c1-18(2,3)25(4,5)24-17-10-9-14(12-16(17)23)13-7-6-8-15(11-13)19(20,21)22/h6-8,11,14,16-17H,9-10,12,23H2,1-5H3/t14-,16-,17?/m0/s1. The van der Waals surface area contributed by atoms with E-state index < -0.39 is 20.1 Å². The highest BCUT2D eigenvalue weighted by molar-refractivity contribution is 6.74. The number of benzene rings is 1. The van der Waals surface area contributed by atoms with E-state index in [1.807, 2.05) is 0 Å². The van der Waals surface area contributed by atoms with Crippen molar-refractivity contribution in [3.63, 3.8) is 0 Å². The maximum atomic E-state index is 12.9. The molecular weight excluding hydrogens is 343 g/mol. The maximum Gasteiger partial charge on any atom is 0.416 e. The van der Waals surface area contributed by atoms with Crippen molar-refractivity contribution in [3.05, 3.63) is 35.4 Å². The van der Waals surface area contributed by atoms with Crippen molar-refractivity contribution in [1.29, 1.82) is 0 Å². The third-order valence-electron chi connectivity index (χ3n) is 5.77. The van der Waals surface area contributed by atoms with E-state index in [4.69, 9.17) is 10.2 Å². The molecule has 25 heavy (non-hydrogen) atoms. The molecule has 1 aromatic rings. The van der Waals surface area contributed by atoms with E-state index in [2.05, 4.69) is 33.9 Å². The fourth-order valence-electron chi connectivity index (χ4n) is 3.15. The van der Waals surface area contributed by atoms with Gasteiger partial charge in [-0.1, -0.05) is 39.0 Å². The lowest BCUT2D eigenvalue weighted by Crippen LogP contribution is -2.51. The Morgan fingerprint density at radius 3 is 2.28 bits per heavy atom. The van der Waals surface area contributed by atoms with Gasteiger partial charge in [-0.15, -0.1) is 0 Å². The van der Waals surface area contributed by atoms with Crippen LogP contribution in [0.1, 0.15) is 57.1 Å². The molecule has 0 radical (unpaired) electrons. The lowest BCUT2D eigenvalue weighted by Gasteiger charge is -2.43. The summed E-state index contributed by atoms with van der Waals surface area (Å²) in [5.74, 6) is 0.0663. The predicted molar refractivity (Wildman–Crippen MR) is 98.1 cm³/mol. The SMILES string of the molecule is CC(C)(C)[Si](C)(C)OC1CC[C@H](c2cccc(C(F)(F)F)c2)C[C@@H]1N. The molecule has 1 aliphatic rings. The molecule has 0 aromatic heterocycles. The summed E-state index contributed by atoms with van der Waals surface area (Å²) in [6.07, 6.45) is -2.02. The topological polar surface area (TPSA) is 35.2 Å². The molecule has 0 saturated heterocycles. The molecule has 3 atom stereocenters. The van der Waals surface area contributed by atoms with E-state index in [0.717, 1.165) is 24.5 Å². The van der Waals surface area contributed by atoms with Gasteiger partial charge in [0.15, 0.2) is 8.32 Å². The van der Waals surface area contributed by atoms with Crippen LogP contribution in [0, 0.1) is 0 Å². The zero-order valence-electron chi connectivity index (χ0n) is 15.8. The molecule has 0 heterocycles. The maximum absolute atomic E-state index is 12.9. The van der Waals surface area contributed by atoms with Gasteiger partial charge < -0.3 is 10.2 Å². The minimum absolute atomic E-state index is 0.00272. The van der Waals surface area contributed by atoms with Crippen LogP contribution in [-0.4, -0.2) is 20.5 Å². The molecule has 2 rings (SSSR count). The van der Waals surface area contributed by atoms with Crippen molar-refractivity contribution in [2.24, 2.45) is 5.73 Å². The summed E-state index contributed by atoms with van der Waals surface area (Å²) >= 11 is 0. The van der Waals surface area contributed by atoms with Gasteiger partial charge in [0.25, 0.3) is 0 Å². The molecule has 1 saturated carbocycles. The quantitative estimate of drug-likeness (QED) is 0.691. The second kappa shape index (κ2) is 7.04. The summed E-state index contributed by atoms with van der Waals surface area (Å²) in [6, 6.07) is 5.52. The van der Waals surface area contributed by atoms with Crippen LogP contribution >= 0.6 is 0 Å². The molecule has 0 amide bonds. The van der Waals surface area contributed by atoms with E-state index in [9.17, 15) is 13.2 Å². The monoisotopic (exact) mass is 373 g/mol. The zero-order chi connectivity index (χ0) is 19.0. The third-order valence-corrected chi connectivity index (χ3v) is 10.3. The fourth-order valence-corrected chi connectivity index (χ4v) is 4.55. The Morgan fingerprint density at radius 1 is 1.12 bits per heavy atom. The van der Waals surface area contributed by atoms with Crippen LogP contribution < -0.4 is 5.73 Å². The highest BCUT2D eigenvalue weighted by Gasteiger charge is 2.42. The van der Waals surface area contributed by atoms with Crippen molar-refractivity contribution in [2.75, 3.05) is 0 Å². The van der Waals surface area contributed by atoms with Gasteiger partial charge in [-0.05, 0) is 54.9 Å². The minimum Gasteiger partial charge on any atom is -0.412 e. The van der Waals surface area contributed by atoms with Crippen molar-refractivity contribution in [3.8, 4) is 0 Å². The number of alkyl halides is 3. The van der Waals surface area contributed by atoms with Crippen LogP contribution in [0.2, 0.25) is 18.1 Å². The van der Waals surface area contributed by atoms with E-state index in [1.54, 1.807) is 6.07 Å². The summed E-state index contributed by atoms with van der Waals surface area (Å²) in [5, 5.41) is 0.116. The largest absolute Gasteiger partial charge is 0.416 e. The van der Waals surface area contributed by atoms with Crippen molar-refractivity contribution < 1.29 is 17.6 Å². The summed E-state index contributed by atoms with van der Waals surface area (Å²) in [6.45, 7) is 11.0. The van der Waals surface area contributed by atoms with E-state index in [0.29, 0.717) is 6.42 Å². The smallest absolute Gasteiger partial charge is 0.412 e. The second-order valence-electron chi connectivity index (χ2n) is 8.71. The van der Waals surface area contributed by atoms with Crippen molar-refractivity contribution in [2.45, 2.75) is 82.4 Å². The molecule has 0 spiro atoms. The van der Waals surface area contributed by atoms with Crippen LogP contribution in [0.15, 0.2) is 24.3 Å². The molecule has 1 aliphatic carbocycles. The number of hydrogen-bond acceptors (Lipinski definition) is 2. The van der Waals surface area contributed by atoms with Crippen LogP contribution in [-0.2, 0) is 10.6 Å². The molecule has 1 aromatic carbocycles. The minimum atomic E-state index is -4.30. The van der Waals surface area contributed by atoms with Gasteiger partial charge in [-0.2, -0.15) is 13.2 Å². The second-order valence-corrected chi connectivity index (χ2v) is 13.5. The first kappa shape index (κ1) is 20.5. The van der Waals surface area contributed by atoms with Crippen LogP contribution in [0.4, 0.5) is 13.2 Å². The normalized spacial score (nSPS) is 25.9. The highest BCUT2D eigenvalue weighted by Crippen LogP contribution is 2.41. The summed E-state index contributed by atoms with van der Waals surface area (Å²) in [7, 11) is -1.90. The molecule has 0 bridgehead atoms. The van der Waals surface area contributed by atoms with Gasteiger partial charge in [0.2, 0.25) is 0 Å². The lowest BCUT2D eigenvalue weighted by atomic mass is 9.80. The number of halogens is 3. The van der Waals surface area contributed by atoms with E-state index >= 15 is 0 Å². The molecular formula is C19H30F3NOSi. The van der Waals surface area contributed by atoms with Gasteiger partial charge in [-0.25, -0.2) is 0 Å². The summed E-state index contributed by atoms with van der Waals surface area (Å²) in [4.78, 5) is 0. The third kappa shape index (κ3) is 4.86. The lowest BCUT2D eigenvalue weighted by molar-refractivity contribution is -0.137. The van der Waals surface area contributed by atoms with Gasteiger partial charge >= 0.3 is 6.18 Å². The average molecular weight is 374 g/mol. The number of rotatable bonds is 3. The van der Waals surface area contributed by atoms with Gasteiger partial charge in [0.05, 0.1) is 11.7 Å². The Balaban J connectivity index is 2.07.